The number of rotatable bonds is 5. The van der Waals surface area contributed by atoms with Crippen molar-refractivity contribution in [2.75, 3.05) is 25.6 Å². The molecule has 0 bridgehead atoms. The molecule has 4 nitrogen and oxygen atoms in total. The smallest absolute Gasteiger partial charge is 0.338 e. The van der Waals surface area contributed by atoms with Crippen molar-refractivity contribution in [3.8, 4) is 0 Å². The van der Waals surface area contributed by atoms with E-state index in [1.54, 1.807) is 18.2 Å². The van der Waals surface area contributed by atoms with E-state index in [0.29, 0.717) is 11.1 Å². The molecule has 0 spiro atoms. The van der Waals surface area contributed by atoms with E-state index in [4.69, 9.17) is 4.74 Å². The highest BCUT2D eigenvalue weighted by Gasteiger charge is 2.15. The number of hydrogen-bond acceptors (Lipinski definition) is 4. The van der Waals surface area contributed by atoms with Crippen LogP contribution >= 0.6 is 0 Å². The summed E-state index contributed by atoms with van der Waals surface area (Å²) in [5.41, 5.74) is 4.57. The third-order valence-electron chi connectivity index (χ3n) is 4.60. The maximum absolute atomic E-state index is 12.4. The number of nitrogens with zero attached hydrogens (tertiary/aromatic N) is 1. The summed E-state index contributed by atoms with van der Waals surface area (Å²) < 4.78 is 5.22. The molecule has 0 radical (unpaired) electrons. The molecular formula is C21H23NO3. The van der Waals surface area contributed by atoms with Crippen LogP contribution in [0.4, 0.5) is 5.69 Å². The van der Waals surface area contributed by atoms with E-state index in [9.17, 15) is 9.59 Å². The van der Waals surface area contributed by atoms with Gasteiger partial charge in [0.25, 0.3) is 0 Å². The first-order valence-electron chi connectivity index (χ1n) is 8.64. The highest BCUT2D eigenvalue weighted by atomic mass is 16.5. The van der Waals surface area contributed by atoms with Crippen LogP contribution in [0.5, 0.6) is 0 Å². The quantitative estimate of drug-likeness (QED) is 0.617. The zero-order chi connectivity index (χ0) is 17.8. The van der Waals surface area contributed by atoms with E-state index in [0.717, 1.165) is 18.5 Å². The van der Waals surface area contributed by atoms with Crippen molar-refractivity contribution >= 4 is 17.4 Å². The first-order chi connectivity index (χ1) is 12.0. The first kappa shape index (κ1) is 17.2. The third-order valence-corrected chi connectivity index (χ3v) is 4.60. The van der Waals surface area contributed by atoms with Gasteiger partial charge in [0.15, 0.2) is 12.4 Å². The molecule has 0 saturated carbocycles. The second-order valence-electron chi connectivity index (χ2n) is 6.63. The number of ketones is 1. The Bertz CT molecular complexity index is 795. The van der Waals surface area contributed by atoms with Gasteiger partial charge in [-0.05, 0) is 61.1 Å². The molecular weight excluding hydrogens is 314 g/mol. The van der Waals surface area contributed by atoms with Crippen molar-refractivity contribution in [2.24, 2.45) is 0 Å². The Hall–Kier alpha value is -2.62. The molecule has 0 aliphatic heterocycles. The number of esters is 1. The van der Waals surface area contributed by atoms with Crippen molar-refractivity contribution < 1.29 is 14.3 Å². The number of carbonyl (C=O) groups excluding carboxylic acids is 2. The Kier molecular flexibility index (Phi) is 5.17. The highest BCUT2D eigenvalue weighted by Crippen LogP contribution is 2.22. The van der Waals surface area contributed by atoms with Crippen LogP contribution in [0.15, 0.2) is 42.5 Å². The number of benzene rings is 2. The zero-order valence-corrected chi connectivity index (χ0v) is 14.7. The summed E-state index contributed by atoms with van der Waals surface area (Å²) in [4.78, 5) is 26.5. The minimum absolute atomic E-state index is 0.162. The van der Waals surface area contributed by atoms with Crippen molar-refractivity contribution in [1.82, 2.24) is 0 Å². The molecule has 2 aromatic rings. The van der Waals surface area contributed by atoms with Crippen molar-refractivity contribution in [1.29, 1.82) is 0 Å². The molecule has 3 rings (SSSR count). The fourth-order valence-electron chi connectivity index (χ4n) is 3.12. The highest BCUT2D eigenvalue weighted by molar-refractivity contribution is 5.99. The van der Waals surface area contributed by atoms with Gasteiger partial charge in [0.1, 0.15) is 0 Å². The van der Waals surface area contributed by atoms with E-state index in [1.165, 1.54) is 24.0 Å². The van der Waals surface area contributed by atoms with Crippen LogP contribution in [0.3, 0.4) is 0 Å². The summed E-state index contributed by atoms with van der Waals surface area (Å²) in [6.07, 6.45) is 4.49. The second-order valence-corrected chi connectivity index (χ2v) is 6.63. The molecule has 0 fully saturated rings. The van der Waals surface area contributed by atoms with Crippen LogP contribution in [0, 0.1) is 0 Å². The average molecular weight is 337 g/mol. The van der Waals surface area contributed by atoms with Gasteiger partial charge in [0.05, 0.1) is 5.56 Å². The van der Waals surface area contributed by atoms with Gasteiger partial charge in [0.2, 0.25) is 0 Å². The minimum Gasteiger partial charge on any atom is -0.454 e. The number of hydrogen-bond donors (Lipinski definition) is 0. The Balaban J connectivity index is 1.64. The molecule has 25 heavy (non-hydrogen) atoms. The molecule has 0 aromatic heterocycles. The molecule has 0 heterocycles. The Morgan fingerprint density at radius 2 is 1.72 bits per heavy atom. The number of carbonyl (C=O) groups is 2. The largest absolute Gasteiger partial charge is 0.454 e. The Labute approximate surface area is 148 Å². The standard InChI is InChI=1S/C21H23NO3/c1-22(2)19-9-5-8-18(13-19)21(24)25-14-20(23)17-11-10-15-6-3-4-7-16(15)12-17/h5,8-13H,3-4,6-7,14H2,1-2H3. The lowest BCUT2D eigenvalue weighted by molar-refractivity contribution is 0.0475. The summed E-state index contributed by atoms with van der Waals surface area (Å²) in [6, 6.07) is 13.0. The van der Waals surface area contributed by atoms with Crippen LogP contribution < -0.4 is 4.90 Å². The normalized spacial score (nSPS) is 13.0. The number of aryl methyl sites for hydroxylation is 2. The molecule has 0 atom stereocenters. The summed E-state index contributed by atoms with van der Waals surface area (Å²) in [5.74, 6) is -0.638. The van der Waals surface area contributed by atoms with Gasteiger partial charge in [-0.3, -0.25) is 4.79 Å². The van der Waals surface area contributed by atoms with Gasteiger partial charge in [-0.2, -0.15) is 0 Å². The number of anilines is 1. The molecule has 1 aliphatic rings. The Morgan fingerprint density at radius 3 is 2.48 bits per heavy atom. The SMILES string of the molecule is CN(C)c1cccc(C(=O)OCC(=O)c2ccc3c(c2)CCCC3)c1. The van der Waals surface area contributed by atoms with E-state index in [2.05, 4.69) is 0 Å². The maximum atomic E-state index is 12.4. The molecule has 0 unspecified atom stereocenters. The van der Waals surface area contributed by atoms with E-state index in [-0.39, 0.29) is 12.4 Å². The fourth-order valence-corrected chi connectivity index (χ4v) is 3.12. The molecule has 1 aliphatic carbocycles. The van der Waals surface area contributed by atoms with Crippen LogP contribution in [-0.2, 0) is 17.6 Å². The monoisotopic (exact) mass is 337 g/mol. The fraction of sp³-hybridized carbons (Fsp3) is 0.333. The van der Waals surface area contributed by atoms with Gasteiger partial charge in [-0.25, -0.2) is 4.79 Å². The van der Waals surface area contributed by atoms with E-state index >= 15 is 0 Å². The summed E-state index contributed by atoms with van der Waals surface area (Å²) >= 11 is 0. The van der Waals surface area contributed by atoms with Gasteiger partial charge >= 0.3 is 5.97 Å². The topological polar surface area (TPSA) is 46.6 Å². The number of fused-ring (bicyclic) bond motifs is 1. The van der Waals surface area contributed by atoms with Gasteiger partial charge < -0.3 is 9.64 Å². The van der Waals surface area contributed by atoms with E-state index < -0.39 is 5.97 Å². The molecule has 0 amide bonds. The van der Waals surface area contributed by atoms with Crippen molar-refractivity contribution in [2.45, 2.75) is 25.7 Å². The lowest BCUT2D eigenvalue weighted by atomic mass is 9.90. The first-order valence-corrected chi connectivity index (χ1v) is 8.64. The maximum Gasteiger partial charge on any atom is 0.338 e. The molecule has 4 heteroatoms. The lowest BCUT2D eigenvalue weighted by Crippen LogP contribution is -2.16. The minimum atomic E-state index is -0.477. The van der Waals surface area contributed by atoms with Gasteiger partial charge in [-0.15, -0.1) is 0 Å². The van der Waals surface area contributed by atoms with Crippen LogP contribution in [0.25, 0.3) is 0 Å². The second kappa shape index (κ2) is 7.51. The van der Waals surface area contributed by atoms with Crippen molar-refractivity contribution in [3.05, 3.63) is 64.7 Å². The summed E-state index contributed by atoms with van der Waals surface area (Å²) in [6.45, 7) is -0.232. The zero-order valence-electron chi connectivity index (χ0n) is 14.7. The van der Waals surface area contributed by atoms with Crippen LogP contribution in [-0.4, -0.2) is 32.5 Å². The van der Waals surface area contributed by atoms with Crippen LogP contribution in [0.1, 0.15) is 44.7 Å². The van der Waals surface area contributed by atoms with E-state index in [1.807, 2.05) is 43.3 Å². The Morgan fingerprint density at radius 1 is 0.960 bits per heavy atom. The van der Waals surface area contributed by atoms with Gasteiger partial charge in [-0.1, -0.05) is 18.2 Å². The van der Waals surface area contributed by atoms with Gasteiger partial charge in [0, 0.05) is 25.3 Å². The predicted octanol–water partition coefficient (Wildman–Crippen LogP) is 3.67. The number of ether oxygens (including phenoxy) is 1. The summed E-state index contributed by atoms with van der Waals surface area (Å²) in [5, 5.41) is 0. The van der Waals surface area contributed by atoms with Crippen molar-refractivity contribution in [3.63, 3.8) is 0 Å². The average Bonchev–Trinajstić information content (AvgIpc) is 2.65. The molecule has 0 N–H and O–H groups in total. The molecule has 2 aromatic carbocycles. The molecule has 0 saturated heterocycles. The lowest BCUT2D eigenvalue weighted by Gasteiger charge is -2.16. The predicted molar refractivity (Wildman–Crippen MR) is 98.5 cm³/mol. The third kappa shape index (κ3) is 4.08. The molecule has 130 valence electrons. The van der Waals surface area contributed by atoms with Crippen LogP contribution in [0.2, 0.25) is 0 Å². The number of Topliss-reactive ketones (excluding diaryl/α,β-unsaturated/α-hetero) is 1. The summed E-state index contributed by atoms with van der Waals surface area (Å²) in [7, 11) is 3.81.